The van der Waals surface area contributed by atoms with Crippen LogP contribution in [0.15, 0.2) is 60.7 Å². The molecular weight excluding hydrogens is 423 g/mol. The summed E-state index contributed by atoms with van der Waals surface area (Å²) in [5, 5.41) is 0. The maximum Gasteiger partial charge on any atom is 0.416 e. The van der Waals surface area contributed by atoms with Crippen molar-refractivity contribution in [2.75, 3.05) is 11.9 Å². The van der Waals surface area contributed by atoms with Crippen molar-refractivity contribution in [3.63, 3.8) is 0 Å². The Morgan fingerprint density at radius 3 is 2.15 bits per heavy atom. The molecule has 3 aromatic carbocycles. The summed E-state index contributed by atoms with van der Waals surface area (Å²) in [6, 6.07) is 19.0. The van der Waals surface area contributed by atoms with Crippen LogP contribution in [-0.4, -0.2) is 7.05 Å². The smallest absolute Gasteiger partial charge is 0.359 e. The van der Waals surface area contributed by atoms with Crippen LogP contribution >= 0.6 is 0 Å². The lowest BCUT2D eigenvalue weighted by Crippen LogP contribution is -2.18. The lowest BCUT2D eigenvalue weighted by molar-refractivity contribution is -0.138. The molecule has 2 aliphatic carbocycles. The highest BCUT2D eigenvalue weighted by Crippen LogP contribution is 2.63. The van der Waals surface area contributed by atoms with Crippen LogP contribution in [0, 0.1) is 0 Å². The molecule has 1 aliphatic heterocycles. The number of epoxide rings is 1. The maximum absolute atomic E-state index is 13.7. The zero-order valence-electron chi connectivity index (χ0n) is 18.5. The number of ether oxygens (including phenoxy) is 1. The Kier molecular flexibility index (Phi) is 4.80. The first kappa shape index (κ1) is 20.8. The van der Waals surface area contributed by atoms with Crippen LogP contribution in [0.2, 0.25) is 0 Å². The van der Waals surface area contributed by atoms with Crippen LogP contribution in [0.5, 0.6) is 0 Å². The van der Waals surface area contributed by atoms with Crippen LogP contribution < -0.4 is 4.90 Å². The minimum atomic E-state index is -4.40. The summed E-state index contributed by atoms with van der Waals surface area (Å²) in [7, 11) is 2.07. The molecule has 0 aromatic heterocycles. The zero-order valence-corrected chi connectivity index (χ0v) is 18.5. The molecule has 2 atom stereocenters. The van der Waals surface area contributed by atoms with E-state index < -0.39 is 17.8 Å². The molecule has 2 fully saturated rings. The molecule has 3 aliphatic rings. The first-order valence-corrected chi connectivity index (χ1v) is 11.8. The number of para-hydroxylation sites is 1. The number of rotatable bonds is 3. The molecule has 6 rings (SSSR count). The minimum Gasteiger partial charge on any atom is -0.359 e. The van der Waals surface area contributed by atoms with E-state index in [1.165, 1.54) is 55.5 Å². The Morgan fingerprint density at radius 1 is 0.758 bits per heavy atom. The van der Waals surface area contributed by atoms with Gasteiger partial charge in [-0.3, -0.25) is 0 Å². The monoisotopic (exact) mass is 449 g/mol. The highest BCUT2D eigenvalue weighted by atomic mass is 19.4. The first-order valence-electron chi connectivity index (χ1n) is 11.8. The lowest BCUT2D eigenvalue weighted by Gasteiger charge is -2.31. The Labute approximate surface area is 192 Å². The van der Waals surface area contributed by atoms with E-state index in [1.807, 2.05) is 12.1 Å². The number of nitrogens with zero attached hydrogens (tertiary/aromatic N) is 1. The number of fused-ring (bicyclic) bond motifs is 6. The molecule has 1 heterocycles. The highest BCUT2D eigenvalue weighted by Gasteiger charge is 2.52. The standard InChI is InChI=1S/C28H26F3NO/c1-32(22-15-6-5-11-18(22)17-9-3-2-4-10-17)23-16-8-13-20-19-12-7-14-21(28(29,30)31)24(19)26-27(33-26)25(20)23/h5-8,11-17,26-27H,2-4,9-10H2,1H3. The molecule has 170 valence electrons. The van der Waals surface area contributed by atoms with Gasteiger partial charge in [0.2, 0.25) is 0 Å². The van der Waals surface area contributed by atoms with Crippen molar-refractivity contribution in [2.45, 2.75) is 56.4 Å². The molecule has 0 radical (unpaired) electrons. The maximum atomic E-state index is 13.7. The fraction of sp³-hybridized carbons (Fsp3) is 0.357. The molecule has 0 bridgehead atoms. The number of anilines is 2. The molecule has 33 heavy (non-hydrogen) atoms. The second-order valence-corrected chi connectivity index (χ2v) is 9.43. The van der Waals surface area contributed by atoms with Crippen molar-refractivity contribution in [3.05, 3.63) is 82.9 Å². The van der Waals surface area contributed by atoms with Crippen molar-refractivity contribution in [2.24, 2.45) is 0 Å². The van der Waals surface area contributed by atoms with Gasteiger partial charge < -0.3 is 9.64 Å². The summed E-state index contributed by atoms with van der Waals surface area (Å²) >= 11 is 0. The second-order valence-electron chi connectivity index (χ2n) is 9.43. The van der Waals surface area contributed by atoms with Crippen molar-refractivity contribution in [1.82, 2.24) is 0 Å². The molecule has 0 N–H and O–H groups in total. The van der Waals surface area contributed by atoms with E-state index in [4.69, 9.17) is 4.74 Å². The van der Waals surface area contributed by atoms with Gasteiger partial charge in [0.05, 0.1) is 5.56 Å². The molecule has 1 saturated carbocycles. The van der Waals surface area contributed by atoms with Crippen LogP contribution in [-0.2, 0) is 10.9 Å². The summed E-state index contributed by atoms with van der Waals surface area (Å²) in [5.74, 6) is 0.553. The van der Waals surface area contributed by atoms with Crippen molar-refractivity contribution < 1.29 is 17.9 Å². The van der Waals surface area contributed by atoms with E-state index in [0.717, 1.165) is 16.8 Å². The van der Waals surface area contributed by atoms with Crippen LogP contribution in [0.3, 0.4) is 0 Å². The summed E-state index contributed by atoms with van der Waals surface area (Å²) in [6.07, 6.45) is 0.981. The number of alkyl halides is 3. The van der Waals surface area contributed by atoms with Crippen molar-refractivity contribution >= 4 is 11.4 Å². The lowest BCUT2D eigenvalue weighted by atomic mass is 9.81. The molecule has 3 aromatic rings. The largest absolute Gasteiger partial charge is 0.416 e. The normalized spacial score (nSPS) is 21.7. The zero-order chi connectivity index (χ0) is 22.7. The van der Waals surface area contributed by atoms with Gasteiger partial charge in [-0.25, -0.2) is 0 Å². The Bertz CT molecular complexity index is 1210. The van der Waals surface area contributed by atoms with E-state index in [1.54, 1.807) is 6.07 Å². The average Bonchev–Trinajstić information content (AvgIpc) is 3.64. The number of hydrogen-bond acceptors (Lipinski definition) is 2. The van der Waals surface area contributed by atoms with Crippen LogP contribution in [0.25, 0.3) is 11.1 Å². The van der Waals surface area contributed by atoms with Gasteiger partial charge in [-0.15, -0.1) is 0 Å². The third kappa shape index (κ3) is 3.36. The highest BCUT2D eigenvalue weighted by molar-refractivity contribution is 5.84. The van der Waals surface area contributed by atoms with Gasteiger partial charge in [0, 0.05) is 29.5 Å². The van der Waals surface area contributed by atoms with Gasteiger partial charge in [-0.1, -0.05) is 61.7 Å². The molecule has 2 unspecified atom stereocenters. The first-order chi connectivity index (χ1) is 15.9. The van der Waals surface area contributed by atoms with Gasteiger partial charge >= 0.3 is 6.18 Å². The predicted octanol–water partition coefficient (Wildman–Crippen LogP) is 8.31. The summed E-state index contributed by atoms with van der Waals surface area (Å²) < 4.78 is 47.1. The summed E-state index contributed by atoms with van der Waals surface area (Å²) in [4.78, 5) is 2.21. The van der Waals surface area contributed by atoms with Crippen LogP contribution in [0.1, 0.15) is 72.5 Å². The quantitative estimate of drug-likeness (QED) is 0.374. The SMILES string of the molecule is CN(c1ccccc1C1CCCCC1)c1cccc2c1C1OC1c1c-2cccc1C(F)(F)F. The number of hydrogen-bond donors (Lipinski definition) is 0. The molecule has 0 amide bonds. The minimum absolute atomic E-state index is 0.282. The van der Waals surface area contributed by atoms with Crippen molar-refractivity contribution in [1.29, 1.82) is 0 Å². The van der Waals surface area contributed by atoms with Gasteiger partial charge in [-0.05, 0) is 53.6 Å². The Hall–Kier alpha value is -2.79. The fourth-order valence-electron chi connectivity index (χ4n) is 5.97. The van der Waals surface area contributed by atoms with Gasteiger partial charge in [0.15, 0.2) is 0 Å². The fourth-order valence-corrected chi connectivity index (χ4v) is 5.97. The van der Waals surface area contributed by atoms with E-state index in [9.17, 15) is 13.2 Å². The predicted molar refractivity (Wildman–Crippen MR) is 124 cm³/mol. The van der Waals surface area contributed by atoms with Gasteiger partial charge in [0.1, 0.15) is 12.2 Å². The second kappa shape index (κ2) is 7.63. The molecule has 2 nitrogen and oxygen atoms in total. The Balaban J connectivity index is 1.47. The van der Waals surface area contributed by atoms with E-state index in [-0.39, 0.29) is 11.7 Å². The van der Waals surface area contributed by atoms with Crippen molar-refractivity contribution in [3.8, 4) is 11.1 Å². The third-order valence-electron chi connectivity index (χ3n) is 7.55. The number of halogens is 3. The summed E-state index contributed by atoms with van der Waals surface area (Å²) in [5.41, 5.74) is 5.71. The van der Waals surface area contributed by atoms with Gasteiger partial charge in [0.25, 0.3) is 0 Å². The van der Waals surface area contributed by atoms with Crippen LogP contribution in [0.4, 0.5) is 24.5 Å². The molecule has 0 spiro atoms. The molecule has 1 saturated heterocycles. The Morgan fingerprint density at radius 2 is 1.39 bits per heavy atom. The molecular formula is C28H26F3NO. The van der Waals surface area contributed by atoms with E-state index in [0.29, 0.717) is 11.5 Å². The number of benzene rings is 3. The van der Waals surface area contributed by atoms with E-state index in [2.05, 4.69) is 42.3 Å². The average molecular weight is 450 g/mol. The summed E-state index contributed by atoms with van der Waals surface area (Å²) in [6.45, 7) is 0. The molecule has 5 heteroatoms. The topological polar surface area (TPSA) is 15.8 Å². The van der Waals surface area contributed by atoms with Gasteiger partial charge in [-0.2, -0.15) is 13.2 Å². The third-order valence-corrected chi connectivity index (χ3v) is 7.55. The van der Waals surface area contributed by atoms with E-state index >= 15 is 0 Å².